The van der Waals surface area contributed by atoms with Crippen molar-refractivity contribution >= 4 is 151 Å². The maximum absolute atomic E-state index is 13.2. The predicted octanol–water partition coefficient (Wildman–Crippen LogP) is 24.0. The van der Waals surface area contributed by atoms with Crippen LogP contribution in [0.2, 0.25) is 0 Å². The van der Waals surface area contributed by atoms with Crippen LogP contribution in [0, 0.1) is 37.3 Å². The van der Waals surface area contributed by atoms with Crippen molar-refractivity contribution in [3.8, 4) is 34.4 Å². The molecule has 0 amide bonds. The molecule has 4 atom stereocenters. The molecule has 0 bridgehead atoms. The molecule has 43 heteroatoms. The molecule has 700 valence electrons. The van der Waals surface area contributed by atoms with Gasteiger partial charge in [0.25, 0.3) is 22.6 Å². The fourth-order valence-electron chi connectivity index (χ4n) is 12.4. The molecule has 8 aromatic rings. The minimum Gasteiger partial charge on any atom is -0.508 e. The van der Waals surface area contributed by atoms with E-state index in [1.807, 2.05) is 24.3 Å². The van der Waals surface area contributed by atoms with Gasteiger partial charge >= 0.3 is 26.4 Å². The van der Waals surface area contributed by atoms with Crippen LogP contribution in [0.1, 0.15) is 127 Å². The van der Waals surface area contributed by atoms with Crippen molar-refractivity contribution in [2.75, 3.05) is 107 Å². The van der Waals surface area contributed by atoms with Crippen molar-refractivity contribution < 1.29 is 92.7 Å². The molecule has 8 N–H and O–H groups in total. The number of aliphatic hydroxyl groups is 1. The number of phenols is 1. The Morgan fingerprint density at radius 3 is 1.18 bits per heavy atom. The van der Waals surface area contributed by atoms with Gasteiger partial charge in [0.2, 0.25) is 0 Å². The zero-order valence-electron chi connectivity index (χ0n) is 69.9. The van der Waals surface area contributed by atoms with Crippen LogP contribution in [-0.2, 0) is 0 Å². The average molecular weight is 2240 g/mol. The number of halogens is 15. The molecule has 12 rings (SSSR count). The molecule has 26 nitrogen and oxygen atoms in total. The van der Waals surface area contributed by atoms with Gasteiger partial charge in [-0.15, -0.1) is 0 Å². The lowest BCUT2D eigenvalue weighted by Crippen LogP contribution is -2.28. The van der Waals surface area contributed by atoms with Gasteiger partial charge in [0.1, 0.15) is 44.4 Å². The molecule has 1 aromatic heterocycles. The lowest BCUT2D eigenvalue weighted by molar-refractivity contribution is -0.385. The summed E-state index contributed by atoms with van der Waals surface area (Å²) in [5, 5.41) is 60.9. The molecule has 4 saturated heterocycles. The second-order valence-corrected chi connectivity index (χ2v) is 35.8. The number of non-ortho nitro benzene ring substituents is 3. The summed E-state index contributed by atoms with van der Waals surface area (Å²) in [5.41, 5.74) is 9.47. The van der Waals surface area contributed by atoms with Crippen LogP contribution in [0.15, 0.2) is 172 Å². The van der Waals surface area contributed by atoms with E-state index in [9.17, 15) is 78.8 Å². The summed E-state index contributed by atoms with van der Waals surface area (Å²) in [6, 6.07) is 35.9. The first kappa shape index (κ1) is 112. The van der Waals surface area contributed by atoms with Gasteiger partial charge in [0.05, 0.1) is 63.4 Å². The molecule has 5 heterocycles. The maximum Gasteiger partial charge on any atom is 0.337 e. The number of ether oxygens (including phenoxy) is 4. The van der Waals surface area contributed by atoms with Crippen LogP contribution in [0.25, 0.3) is 16.6 Å². The number of hydrogen-bond acceptors (Lipinski definition) is 21. The summed E-state index contributed by atoms with van der Waals surface area (Å²) in [6.45, 7) is 21.1. The first-order chi connectivity index (χ1) is 58.7. The second-order valence-electron chi connectivity index (χ2n) is 28.6. The first-order valence-electron chi connectivity index (χ1n) is 39.5. The Morgan fingerprint density at radius 1 is 0.520 bits per heavy atom. The number of nitrogens with one attached hydrogen (secondary N) is 1. The zero-order valence-corrected chi connectivity index (χ0v) is 80.6. The number of nitrogens with zero attached hydrogens (tertiary/aromatic N) is 8. The van der Waals surface area contributed by atoms with Crippen LogP contribution in [0.3, 0.4) is 0 Å². The molecule has 125 heavy (non-hydrogen) atoms. The van der Waals surface area contributed by atoms with Gasteiger partial charge in [0.15, 0.2) is 0 Å². The standard InChI is InChI=1S/C23H26F5N3O2S.C14H20N2O3.C14H22N2O.C9H10BrNO3.C7H6F5NO2S.C6H5NO3.C5H11N.C3H6Br2.CH4O.I2/c1-16-5-3-12-30(16)13-4-14-33-19-8-6-18(7-9-19)31-17(2)29-22-11-10-20(15-21(22)23(31)32)34(24,25,26,27)28;1-12-4-2-9-15(12)10-3-11-19-14-7-5-13(6-8-14)16(17)18;1-12-4-2-9-16(12)10-3-11-17-14-7-5-13(15)6-8-14;10-6-1-7-14-9-4-2-8(3-5-9)11(12)13;8-16(9,10,11,12)4-1-2-6(13)5(3-4)7(14)15;8-6-3-1-5(2-4-6)7(9)10;1-5-3-2-4-6-5;4-2-1-3-5;2*1-2/h6-11,15-16H,3-5,12-14H2,1-2H3;5-8,12H,2-4,9-11H2,1H3;5-8,12H,2-4,9-11,15H2,1H3;2-5H,1,6-7H2;1-3H,13H2,(H,14,15);1-4,8H;5-6H,2-4H2,1H3;1-3H2;2H,1H3;/t16-;2*12-;;;;5-;;;/m000...0.../s1. The number of nitrogens with two attached hydrogens (primary N) is 2. The minimum absolute atomic E-state index is 0.0159. The summed E-state index contributed by atoms with van der Waals surface area (Å²) >= 11 is 14.1. The van der Waals surface area contributed by atoms with Gasteiger partial charge in [0, 0.05) is 152 Å². The van der Waals surface area contributed by atoms with Crippen LogP contribution in [-0.4, -0.2) is 180 Å². The van der Waals surface area contributed by atoms with Crippen molar-refractivity contribution in [2.24, 2.45) is 0 Å². The topological polar surface area (TPSA) is 353 Å². The van der Waals surface area contributed by atoms with Gasteiger partial charge in [-0.2, -0.15) is 0 Å². The van der Waals surface area contributed by atoms with Crippen molar-refractivity contribution in [3.63, 3.8) is 0 Å². The van der Waals surface area contributed by atoms with Crippen LogP contribution in [0.4, 0.5) is 67.3 Å². The molecular formula is C82H110Br3F10I2N11O15S2. The van der Waals surface area contributed by atoms with E-state index in [-0.39, 0.29) is 58.4 Å². The van der Waals surface area contributed by atoms with E-state index in [1.165, 1.54) is 133 Å². The van der Waals surface area contributed by atoms with E-state index in [0.29, 0.717) is 60.9 Å². The van der Waals surface area contributed by atoms with E-state index in [0.717, 1.165) is 116 Å². The second kappa shape index (κ2) is 53.0. The number of nitro benzene ring substituents is 3. The average Bonchev–Trinajstić information content (AvgIpc) is 1.50. The third-order valence-corrected chi connectivity index (χ3v) is 23.0. The number of aromatic carboxylic acids is 1. The molecule has 0 saturated carbocycles. The highest BCUT2D eigenvalue weighted by atomic mass is 128. The summed E-state index contributed by atoms with van der Waals surface area (Å²) < 4.78 is 151. The van der Waals surface area contributed by atoms with Crippen LogP contribution in [0.5, 0.6) is 28.7 Å². The highest BCUT2D eigenvalue weighted by Crippen LogP contribution is 3.03. The van der Waals surface area contributed by atoms with Crippen LogP contribution >= 0.6 is 105 Å². The Bertz CT molecular complexity index is 4650. The SMILES string of the molecule is BrCCCBr.CO.C[C@H]1CCCN1.C[C@H]1CCCN1CCCOc1ccc(N)cc1.C[C@H]1CCCN1CCCOc1ccc([N+](=O)[O-])cc1.Cc1nc2ccc(S(F)(F)(F)(F)F)cc2c(=O)n1-c1ccc(OCCCN2CCC[C@@H]2C)cc1.II.Nc1ccc(S(F)(F)(F)(F)F)cc1C(=O)O.O=[N+]([O-])c1ccc(O)cc1.O=[N+]([O-])c1ccc(OCCCBr)cc1. The van der Waals surface area contributed by atoms with Crippen molar-refractivity contribution in [1.29, 1.82) is 0 Å². The number of alkyl halides is 3. The number of rotatable bonds is 28. The van der Waals surface area contributed by atoms with Crippen molar-refractivity contribution in [1.82, 2.24) is 29.6 Å². The highest BCUT2D eigenvalue weighted by molar-refractivity contribution is 15.0. The molecule has 0 radical (unpaired) electrons. The molecular weight excluding hydrogens is 2130 g/mol. The largest absolute Gasteiger partial charge is 0.508 e. The number of carboxylic acids is 1. The number of hydrogen-bond donors (Lipinski definition) is 6. The number of aromatic nitrogens is 2. The van der Waals surface area contributed by atoms with Gasteiger partial charge in [-0.25, -0.2) is 9.78 Å². The van der Waals surface area contributed by atoms with Crippen molar-refractivity contribution in [3.05, 3.63) is 210 Å². The predicted molar refractivity (Wildman–Crippen MR) is 505 cm³/mol. The molecule has 4 aliphatic rings. The smallest absolute Gasteiger partial charge is 0.337 e. The number of aliphatic hydroxyl groups excluding tert-OH is 1. The van der Waals surface area contributed by atoms with E-state index in [2.05, 4.69) is 138 Å². The third-order valence-electron chi connectivity index (χ3n) is 19.1. The van der Waals surface area contributed by atoms with Crippen LogP contribution < -0.4 is 41.3 Å². The molecule has 4 aliphatic heterocycles. The van der Waals surface area contributed by atoms with E-state index in [1.54, 1.807) is 48.5 Å². The fraction of sp³-hybridized carbons (Fsp3) is 0.451. The monoisotopic (exact) mass is 2230 g/mol. The third kappa shape index (κ3) is 42.6. The Balaban J connectivity index is 0.000000388. The Hall–Kier alpha value is -7.35. The van der Waals surface area contributed by atoms with E-state index in [4.69, 9.17) is 45.7 Å². The number of aromatic hydroxyl groups is 1. The zero-order chi connectivity index (χ0) is 93.9. The molecule has 0 unspecified atom stereocenters. The normalized spacial score (nSPS) is 17.0. The quantitative estimate of drug-likeness (QED) is 0.00504. The van der Waals surface area contributed by atoms with Crippen molar-refractivity contribution in [2.45, 2.75) is 152 Å². The molecule has 0 spiro atoms. The van der Waals surface area contributed by atoms with Gasteiger partial charge in [-0.3, -0.25) is 39.7 Å². The number of likely N-dealkylation sites (tertiary alicyclic amines) is 3. The maximum atomic E-state index is 13.2. The molecule has 7 aromatic carbocycles. The van der Waals surface area contributed by atoms with Gasteiger partial charge < -0.3 is 65.8 Å². The number of fused-ring (bicyclic) bond motifs is 1. The number of nitrogen functional groups attached to an aromatic ring is 2. The summed E-state index contributed by atoms with van der Waals surface area (Å²) in [5.74, 6) is 1.30. The number of anilines is 2. The first-order valence-corrected chi connectivity index (χ1v) is 53.0. The number of phenolic OH excluding ortho intramolecular Hbond substituents is 1. The number of benzene rings is 7. The fourth-order valence-corrected chi connectivity index (χ4v) is 15.3. The number of carbonyl (C=O) groups is 1. The lowest BCUT2D eigenvalue weighted by atomic mass is 10.2. The Kier molecular flexibility index (Phi) is 47.4. The van der Waals surface area contributed by atoms with Gasteiger partial charge in [-0.1, -0.05) is 86.6 Å². The molecule has 4 fully saturated rings. The summed E-state index contributed by atoms with van der Waals surface area (Å²) in [6.07, 6.45) is 15.5. The molecule has 0 aliphatic carbocycles. The van der Waals surface area contributed by atoms with Gasteiger partial charge in [-0.05, 0) is 266 Å². The minimum atomic E-state index is -9.93. The van der Waals surface area contributed by atoms with E-state index >= 15 is 0 Å². The highest BCUT2D eigenvalue weighted by Gasteiger charge is 2.66. The summed E-state index contributed by atoms with van der Waals surface area (Å²) in [4.78, 5) is 60.1. The Labute approximate surface area is 769 Å². The van der Waals surface area contributed by atoms with E-state index < -0.39 is 73.2 Å². The Morgan fingerprint density at radius 2 is 0.872 bits per heavy atom. The summed E-state index contributed by atoms with van der Waals surface area (Å²) in [7, 11) is -18.8. The number of aryl methyl sites for hydroxylation is 1. The number of nitro groups is 3. The lowest BCUT2D eigenvalue weighted by Gasteiger charge is -2.40. The number of carboxylic acid groups (broad SMARTS) is 1.